The molecule has 0 saturated carbocycles. The molecule has 0 saturated heterocycles. The fourth-order valence-electron chi connectivity index (χ4n) is 1.85. The fourth-order valence-corrected chi connectivity index (χ4v) is 1.85. The van der Waals surface area contributed by atoms with Crippen molar-refractivity contribution in [1.29, 1.82) is 0 Å². The van der Waals surface area contributed by atoms with E-state index in [2.05, 4.69) is 0 Å². The summed E-state index contributed by atoms with van der Waals surface area (Å²) in [5.41, 5.74) is 0.256. The molecule has 1 aromatic carbocycles. The second-order valence-corrected chi connectivity index (χ2v) is 5.65. The number of aliphatic hydroxyl groups excluding tert-OH is 1. The Balaban J connectivity index is 2.48. The highest BCUT2D eigenvalue weighted by Crippen LogP contribution is 2.21. The van der Waals surface area contributed by atoms with Crippen LogP contribution < -0.4 is 4.74 Å². The van der Waals surface area contributed by atoms with E-state index in [1.807, 2.05) is 38.1 Å². The van der Waals surface area contributed by atoms with Crippen molar-refractivity contribution >= 4 is 5.97 Å². The Bertz CT molecular complexity index is 505. The maximum atomic E-state index is 11.2. The van der Waals surface area contributed by atoms with Crippen LogP contribution >= 0.6 is 0 Å². The van der Waals surface area contributed by atoms with Gasteiger partial charge in [-0.05, 0) is 44.9 Å². The minimum Gasteiger partial charge on any atom is -0.497 e. The number of methoxy groups -OCH3 is 1. The van der Waals surface area contributed by atoms with E-state index in [-0.39, 0.29) is 0 Å². The highest BCUT2D eigenvalue weighted by molar-refractivity contribution is 5.81. The number of hydrogen-bond acceptors (Lipinski definition) is 5. The molecule has 0 aromatic heterocycles. The molecule has 128 valence electrons. The zero-order valence-corrected chi connectivity index (χ0v) is 14.2. The highest BCUT2D eigenvalue weighted by Gasteiger charge is 2.27. The van der Waals surface area contributed by atoms with Gasteiger partial charge in [-0.25, -0.2) is 4.79 Å². The van der Waals surface area contributed by atoms with E-state index < -0.39 is 17.7 Å². The minimum atomic E-state index is -0.737. The standard InChI is InChI=1S/C18H26O5/c1-5-22-17(20)8-6-7-16(19)18(2,3)23-13-14-9-11-15(21-4)12-10-14/h6,8-12,16,19H,5,7,13H2,1-4H3/b8-6+/t16-/m1/s1. The first-order valence-electron chi connectivity index (χ1n) is 7.67. The number of hydrogen-bond donors (Lipinski definition) is 1. The number of carbonyl (C=O) groups excluding carboxylic acids is 1. The van der Waals surface area contributed by atoms with Gasteiger partial charge < -0.3 is 19.3 Å². The van der Waals surface area contributed by atoms with Crippen molar-refractivity contribution in [2.24, 2.45) is 0 Å². The SMILES string of the molecule is CCOC(=O)/C=C/C[C@@H](O)C(C)(C)OCc1ccc(OC)cc1. The van der Waals surface area contributed by atoms with Crippen molar-refractivity contribution in [2.45, 2.75) is 45.5 Å². The molecule has 0 unspecified atom stereocenters. The Morgan fingerprint density at radius 1 is 1.30 bits per heavy atom. The summed E-state index contributed by atoms with van der Waals surface area (Å²) in [6.45, 7) is 6.10. The quantitative estimate of drug-likeness (QED) is 0.559. The van der Waals surface area contributed by atoms with Crippen molar-refractivity contribution in [3.8, 4) is 5.75 Å². The molecular weight excluding hydrogens is 296 g/mol. The van der Waals surface area contributed by atoms with E-state index in [9.17, 15) is 9.90 Å². The van der Waals surface area contributed by atoms with E-state index in [0.29, 0.717) is 19.6 Å². The Kier molecular flexibility index (Phi) is 7.78. The lowest BCUT2D eigenvalue weighted by Crippen LogP contribution is -2.38. The predicted octanol–water partition coefficient (Wildman–Crippen LogP) is 2.86. The number of carbonyl (C=O) groups is 1. The Morgan fingerprint density at radius 2 is 1.96 bits per heavy atom. The van der Waals surface area contributed by atoms with Crippen LogP contribution in [0.2, 0.25) is 0 Å². The molecule has 0 aliphatic rings. The lowest BCUT2D eigenvalue weighted by Gasteiger charge is -2.30. The van der Waals surface area contributed by atoms with Crippen LogP contribution in [0.1, 0.15) is 32.8 Å². The fraction of sp³-hybridized carbons (Fsp3) is 0.500. The lowest BCUT2D eigenvalue weighted by atomic mass is 9.98. The summed E-state index contributed by atoms with van der Waals surface area (Å²) in [4.78, 5) is 11.2. The first kappa shape index (κ1) is 19.2. The molecule has 1 aromatic rings. The molecule has 1 N–H and O–H groups in total. The number of esters is 1. The molecule has 1 atom stereocenters. The van der Waals surface area contributed by atoms with Crippen LogP contribution in [-0.4, -0.2) is 36.5 Å². The summed E-state index contributed by atoms with van der Waals surface area (Å²) >= 11 is 0. The van der Waals surface area contributed by atoms with Crippen molar-refractivity contribution in [1.82, 2.24) is 0 Å². The van der Waals surface area contributed by atoms with Crippen LogP contribution in [0.3, 0.4) is 0 Å². The number of ether oxygens (including phenoxy) is 3. The number of benzene rings is 1. The van der Waals surface area contributed by atoms with Crippen molar-refractivity contribution in [3.05, 3.63) is 42.0 Å². The highest BCUT2D eigenvalue weighted by atomic mass is 16.5. The van der Waals surface area contributed by atoms with Crippen LogP contribution in [0, 0.1) is 0 Å². The number of aliphatic hydroxyl groups is 1. The Morgan fingerprint density at radius 3 is 2.52 bits per heavy atom. The smallest absolute Gasteiger partial charge is 0.330 e. The topological polar surface area (TPSA) is 65.0 Å². The van der Waals surface area contributed by atoms with Crippen LogP contribution in [-0.2, 0) is 20.9 Å². The maximum absolute atomic E-state index is 11.2. The summed E-state index contributed by atoms with van der Waals surface area (Å²) in [6.07, 6.45) is 2.51. The molecule has 0 bridgehead atoms. The van der Waals surface area contributed by atoms with E-state index in [4.69, 9.17) is 14.2 Å². The largest absolute Gasteiger partial charge is 0.497 e. The first-order chi connectivity index (χ1) is 10.9. The van der Waals surface area contributed by atoms with Crippen LogP contribution in [0.25, 0.3) is 0 Å². The van der Waals surface area contributed by atoms with Crippen LogP contribution in [0.15, 0.2) is 36.4 Å². The van der Waals surface area contributed by atoms with Crippen LogP contribution in [0.5, 0.6) is 5.75 Å². The van der Waals surface area contributed by atoms with Gasteiger partial charge in [0.2, 0.25) is 0 Å². The van der Waals surface area contributed by atoms with Gasteiger partial charge >= 0.3 is 5.97 Å². The van der Waals surface area contributed by atoms with Crippen LogP contribution in [0.4, 0.5) is 0 Å². The van der Waals surface area contributed by atoms with Gasteiger partial charge in [0.15, 0.2) is 0 Å². The molecule has 1 rings (SSSR count). The average molecular weight is 322 g/mol. The molecular formula is C18H26O5. The van der Waals surface area contributed by atoms with Gasteiger partial charge in [0.25, 0.3) is 0 Å². The van der Waals surface area contributed by atoms with Gasteiger partial charge in [-0.1, -0.05) is 18.2 Å². The molecule has 0 amide bonds. The van der Waals surface area contributed by atoms with Gasteiger partial charge in [0.1, 0.15) is 5.75 Å². The van der Waals surface area contributed by atoms with Crippen molar-refractivity contribution < 1.29 is 24.1 Å². The molecule has 0 aliphatic heterocycles. The molecule has 0 radical (unpaired) electrons. The molecule has 23 heavy (non-hydrogen) atoms. The lowest BCUT2D eigenvalue weighted by molar-refractivity contribution is -0.137. The monoisotopic (exact) mass is 322 g/mol. The van der Waals surface area contributed by atoms with Gasteiger partial charge in [-0.15, -0.1) is 0 Å². The third-order valence-corrected chi connectivity index (χ3v) is 3.47. The summed E-state index contributed by atoms with van der Waals surface area (Å²) in [7, 11) is 1.62. The number of rotatable bonds is 9. The molecule has 0 fully saturated rings. The van der Waals surface area contributed by atoms with Gasteiger partial charge in [0, 0.05) is 6.08 Å². The van der Waals surface area contributed by atoms with Gasteiger partial charge in [-0.3, -0.25) is 0 Å². The van der Waals surface area contributed by atoms with E-state index in [1.165, 1.54) is 6.08 Å². The van der Waals surface area contributed by atoms with Gasteiger partial charge in [-0.2, -0.15) is 0 Å². The average Bonchev–Trinajstić information content (AvgIpc) is 2.53. The molecule has 0 heterocycles. The maximum Gasteiger partial charge on any atom is 0.330 e. The third-order valence-electron chi connectivity index (χ3n) is 3.47. The van der Waals surface area contributed by atoms with Gasteiger partial charge in [0.05, 0.1) is 32.0 Å². The zero-order chi connectivity index (χ0) is 17.3. The summed E-state index contributed by atoms with van der Waals surface area (Å²) in [5, 5.41) is 10.2. The molecule has 5 nitrogen and oxygen atoms in total. The molecule has 0 aliphatic carbocycles. The van der Waals surface area contributed by atoms with Crippen molar-refractivity contribution in [2.75, 3.05) is 13.7 Å². The first-order valence-corrected chi connectivity index (χ1v) is 7.67. The summed E-state index contributed by atoms with van der Waals surface area (Å²) in [6, 6.07) is 7.57. The normalized spacial score (nSPS) is 13.1. The Hall–Kier alpha value is -1.85. The minimum absolute atomic E-state index is 0.314. The summed E-state index contributed by atoms with van der Waals surface area (Å²) in [5.74, 6) is 0.383. The zero-order valence-electron chi connectivity index (χ0n) is 14.2. The molecule has 5 heteroatoms. The van der Waals surface area contributed by atoms with E-state index in [1.54, 1.807) is 20.1 Å². The third kappa shape index (κ3) is 6.84. The van der Waals surface area contributed by atoms with E-state index >= 15 is 0 Å². The predicted molar refractivity (Wildman–Crippen MR) is 88.3 cm³/mol. The summed E-state index contributed by atoms with van der Waals surface area (Å²) < 4.78 is 15.7. The van der Waals surface area contributed by atoms with Crippen molar-refractivity contribution in [3.63, 3.8) is 0 Å². The Labute approximate surface area is 137 Å². The molecule has 0 spiro atoms. The van der Waals surface area contributed by atoms with E-state index in [0.717, 1.165) is 11.3 Å². The second kappa shape index (κ2) is 9.33. The second-order valence-electron chi connectivity index (χ2n) is 5.65.